The van der Waals surface area contributed by atoms with E-state index in [4.69, 9.17) is 10.8 Å². The van der Waals surface area contributed by atoms with Crippen molar-refractivity contribution < 1.29 is 14.7 Å². The fraction of sp³-hybridized carbons (Fsp3) is 0.400. The summed E-state index contributed by atoms with van der Waals surface area (Å²) in [5, 5.41) is 8.86. The molecule has 1 rings (SSSR count). The van der Waals surface area contributed by atoms with E-state index in [-0.39, 0.29) is 18.8 Å². The van der Waals surface area contributed by atoms with Gasteiger partial charge in [-0.2, -0.15) is 4.98 Å². The molecule has 7 heteroatoms. The number of aromatic nitrogens is 2. The number of anilines is 1. The minimum absolute atomic E-state index is 0.0506. The fourth-order valence-corrected chi connectivity index (χ4v) is 1.40. The molecule has 0 aromatic carbocycles. The van der Waals surface area contributed by atoms with E-state index in [9.17, 15) is 14.4 Å². The zero-order chi connectivity index (χ0) is 12.8. The first-order chi connectivity index (χ1) is 8.12. The summed E-state index contributed by atoms with van der Waals surface area (Å²) in [5.74, 6) is -0.625. The summed E-state index contributed by atoms with van der Waals surface area (Å²) >= 11 is 0. The van der Waals surface area contributed by atoms with Crippen molar-refractivity contribution in [2.24, 2.45) is 5.92 Å². The Morgan fingerprint density at radius 1 is 1.47 bits per heavy atom. The highest BCUT2D eigenvalue weighted by molar-refractivity contribution is 5.59. The molecule has 17 heavy (non-hydrogen) atoms. The first-order valence-corrected chi connectivity index (χ1v) is 4.98. The lowest BCUT2D eigenvalue weighted by Gasteiger charge is -2.15. The Balaban J connectivity index is 2.97. The molecule has 1 aromatic heterocycles. The normalized spacial score (nSPS) is 13.9. The molecule has 0 aliphatic rings. The van der Waals surface area contributed by atoms with E-state index in [1.165, 1.54) is 12.3 Å². The van der Waals surface area contributed by atoms with Crippen LogP contribution in [0.1, 0.15) is 12.5 Å². The van der Waals surface area contributed by atoms with Crippen molar-refractivity contribution in [2.45, 2.75) is 12.5 Å². The SMILES string of the molecule is Nc1ccn(C(C=O)CC(C=O)CO)c(=O)n1. The molecule has 0 aliphatic heterocycles. The molecule has 0 saturated carbocycles. The van der Waals surface area contributed by atoms with Crippen LogP contribution in [0.15, 0.2) is 17.1 Å². The molecule has 0 aliphatic carbocycles. The zero-order valence-electron chi connectivity index (χ0n) is 9.02. The van der Waals surface area contributed by atoms with Gasteiger partial charge in [0.15, 0.2) is 0 Å². The monoisotopic (exact) mass is 239 g/mol. The van der Waals surface area contributed by atoms with Crippen LogP contribution in [0.4, 0.5) is 5.82 Å². The summed E-state index contributed by atoms with van der Waals surface area (Å²) in [4.78, 5) is 36.4. The van der Waals surface area contributed by atoms with Crippen LogP contribution in [0, 0.1) is 5.92 Å². The molecule has 2 atom stereocenters. The summed E-state index contributed by atoms with van der Waals surface area (Å²) in [6.45, 7) is -0.370. The predicted molar refractivity (Wildman–Crippen MR) is 59.3 cm³/mol. The molecule has 0 saturated heterocycles. The van der Waals surface area contributed by atoms with Crippen molar-refractivity contribution >= 4 is 18.4 Å². The Kier molecular flexibility index (Phi) is 4.53. The van der Waals surface area contributed by atoms with Crippen LogP contribution in [0.5, 0.6) is 0 Å². The predicted octanol–water partition coefficient (Wildman–Crippen LogP) is -1.24. The van der Waals surface area contributed by atoms with Gasteiger partial charge in [-0.15, -0.1) is 0 Å². The molecule has 7 nitrogen and oxygen atoms in total. The largest absolute Gasteiger partial charge is 0.396 e. The number of carbonyl (C=O) groups is 2. The summed E-state index contributed by atoms with van der Waals surface area (Å²) in [7, 11) is 0. The van der Waals surface area contributed by atoms with Crippen LogP contribution in [-0.4, -0.2) is 33.8 Å². The number of aliphatic hydroxyl groups excluding tert-OH is 1. The molecule has 0 bridgehead atoms. The second-order valence-corrected chi connectivity index (χ2v) is 3.56. The van der Waals surface area contributed by atoms with Gasteiger partial charge in [0, 0.05) is 12.1 Å². The van der Waals surface area contributed by atoms with Crippen LogP contribution < -0.4 is 11.4 Å². The minimum atomic E-state index is -0.835. The van der Waals surface area contributed by atoms with Crippen LogP contribution in [0.25, 0.3) is 0 Å². The van der Waals surface area contributed by atoms with Crippen molar-refractivity contribution in [3.05, 3.63) is 22.7 Å². The van der Waals surface area contributed by atoms with E-state index >= 15 is 0 Å². The molecule has 0 spiro atoms. The van der Waals surface area contributed by atoms with E-state index in [0.29, 0.717) is 12.6 Å². The van der Waals surface area contributed by atoms with Crippen molar-refractivity contribution in [3.8, 4) is 0 Å². The number of nitrogens with two attached hydrogens (primary N) is 1. The van der Waals surface area contributed by atoms with Gasteiger partial charge in [-0.25, -0.2) is 4.79 Å². The van der Waals surface area contributed by atoms with Gasteiger partial charge >= 0.3 is 5.69 Å². The van der Waals surface area contributed by atoms with Gasteiger partial charge in [-0.3, -0.25) is 4.57 Å². The maximum Gasteiger partial charge on any atom is 0.350 e. The van der Waals surface area contributed by atoms with Crippen molar-refractivity contribution in [2.75, 3.05) is 12.3 Å². The van der Waals surface area contributed by atoms with Gasteiger partial charge in [0.1, 0.15) is 18.4 Å². The molecule has 2 unspecified atom stereocenters. The Morgan fingerprint density at radius 3 is 2.65 bits per heavy atom. The third kappa shape index (κ3) is 3.22. The Hall–Kier alpha value is -2.02. The van der Waals surface area contributed by atoms with Crippen LogP contribution in [-0.2, 0) is 9.59 Å². The number of nitrogens with zero attached hydrogens (tertiary/aromatic N) is 2. The number of carbonyl (C=O) groups excluding carboxylic acids is 2. The summed E-state index contributed by atoms with van der Waals surface area (Å²) in [5.41, 5.74) is 4.65. The zero-order valence-corrected chi connectivity index (χ0v) is 9.02. The highest BCUT2D eigenvalue weighted by atomic mass is 16.3. The smallest absolute Gasteiger partial charge is 0.350 e. The number of hydrogen-bond acceptors (Lipinski definition) is 6. The third-order valence-electron chi connectivity index (χ3n) is 2.34. The summed E-state index contributed by atoms with van der Waals surface area (Å²) in [6, 6.07) is 0.546. The summed E-state index contributed by atoms with van der Waals surface area (Å²) in [6.07, 6.45) is 2.47. The Labute approximate surface area is 96.9 Å². The molecule has 0 amide bonds. The molecule has 3 N–H and O–H groups in total. The third-order valence-corrected chi connectivity index (χ3v) is 2.34. The van der Waals surface area contributed by atoms with Gasteiger partial charge in [0.05, 0.1) is 12.6 Å². The second kappa shape index (κ2) is 5.90. The number of rotatable bonds is 6. The maximum atomic E-state index is 11.5. The van der Waals surface area contributed by atoms with E-state index in [0.717, 1.165) is 4.57 Å². The first kappa shape index (κ1) is 13.0. The van der Waals surface area contributed by atoms with Gasteiger partial charge < -0.3 is 20.4 Å². The van der Waals surface area contributed by atoms with Gasteiger partial charge in [-0.1, -0.05) is 0 Å². The average molecular weight is 239 g/mol. The van der Waals surface area contributed by atoms with E-state index in [1.54, 1.807) is 0 Å². The highest BCUT2D eigenvalue weighted by Crippen LogP contribution is 2.12. The molecule has 0 radical (unpaired) electrons. The van der Waals surface area contributed by atoms with Crippen molar-refractivity contribution in [1.82, 2.24) is 9.55 Å². The number of aliphatic hydroxyl groups is 1. The van der Waals surface area contributed by atoms with E-state index in [1.807, 2.05) is 0 Å². The molecule has 1 heterocycles. The van der Waals surface area contributed by atoms with E-state index < -0.39 is 17.6 Å². The topological polar surface area (TPSA) is 115 Å². The lowest BCUT2D eigenvalue weighted by atomic mass is 10.0. The second-order valence-electron chi connectivity index (χ2n) is 3.56. The first-order valence-electron chi connectivity index (χ1n) is 4.98. The molecule has 1 aromatic rings. The molecule has 0 fully saturated rings. The highest BCUT2D eigenvalue weighted by Gasteiger charge is 2.17. The number of hydrogen-bond donors (Lipinski definition) is 2. The standard InChI is InChI=1S/C10H13N3O4/c11-9-1-2-13(10(17)12-9)8(6-16)3-7(4-14)5-15/h1-2,4,6-8,15H,3,5H2,(H2,11,12,17). The summed E-state index contributed by atoms with van der Waals surface area (Å²) < 4.78 is 1.08. The van der Waals surface area contributed by atoms with Gasteiger partial charge in [-0.05, 0) is 12.5 Å². The lowest BCUT2D eigenvalue weighted by molar-refractivity contribution is -0.114. The lowest BCUT2D eigenvalue weighted by Crippen LogP contribution is -2.30. The van der Waals surface area contributed by atoms with Crippen molar-refractivity contribution in [3.63, 3.8) is 0 Å². The molecular formula is C10H13N3O4. The Bertz CT molecular complexity index is 457. The number of nitrogen functional groups attached to an aromatic ring is 1. The van der Waals surface area contributed by atoms with Crippen LogP contribution in [0.2, 0.25) is 0 Å². The Morgan fingerprint density at radius 2 is 2.18 bits per heavy atom. The average Bonchev–Trinajstić information content (AvgIpc) is 2.32. The van der Waals surface area contributed by atoms with Crippen LogP contribution >= 0.6 is 0 Å². The van der Waals surface area contributed by atoms with Crippen molar-refractivity contribution in [1.29, 1.82) is 0 Å². The number of aldehydes is 2. The van der Waals surface area contributed by atoms with Crippen LogP contribution in [0.3, 0.4) is 0 Å². The molecule has 92 valence electrons. The van der Waals surface area contributed by atoms with Gasteiger partial charge in [0.25, 0.3) is 0 Å². The molecular weight excluding hydrogens is 226 g/mol. The quantitative estimate of drug-likeness (QED) is 0.600. The fourth-order valence-electron chi connectivity index (χ4n) is 1.40. The minimum Gasteiger partial charge on any atom is -0.396 e. The maximum absolute atomic E-state index is 11.5. The van der Waals surface area contributed by atoms with Gasteiger partial charge in [0.2, 0.25) is 0 Å². The van der Waals surface area contributed by atoms with E-state index in [2.05, 4.69) is 4.98 Å².